The van der Waals surface area contributed by atoms with E-state index >= 15 is 0 Å². The molecule has 0 spiro atoms. The monoisotopic (exact) mass is 454 g/mol. The molecule has 1 aliphatic heterocycles. The molecule has 0 aliphatic carbocycles. The fourth-order valence-corrected chi connectivity index (χ4v) is 4.21. The van der Waals surface area contributed by atoms with Crippen molar-refractivity contribution in [2.24, 2.45) is 0 Å². The number of imidazole rings is 2. The van der Waals surface area contributed by atoms with Crippen molar-refractivity contribution >= 4 is 0 Å². The summed E-state index contributed by atoms with van der Waals surface area (Å²) in [6.45, 7) is 2.41. The maximum atomic E-state index is 9.86. The Labute approximate surface area is 198 Å². The van der Waals surface area contributed by atoms with Crippen LogP contribution < -0.4 is 4.74 Å². The second-order valence-corrected chi connectivity index (χ2v) is 8.31. The number of hydrogen-bond donors (Lipinski definition) is 2. The Kier molecular flexibility index (Phi) is 6.17. The normalized spacial score (nSPS) is 16.4. The number of aliphatic hydroxyl groups excluding tert-OH is 2. The second kappa shape index (κ2) is 9.56. The summed E-state index contributed by atoms with van der Waals surface area (Å²) in [5.74, 6) is 8.49. The molecule has 3 atom stereocenters. The molecular weight excluding hydrogens is 428 g/mol. The van der Waals surface area contributed by atoms with Crippen LogP contribution in [0.5, 0.6) is 5.75 Å². The Morgan fingerprint density at radius 3 is 2.44 bits per heavy atom. The Hall–Kier alpha value is -3.86. The summed E-state index contributed by atoms with van der Waals surface area (Å²) >= 11 is 0. The Balaban J connectivity index is 1.26. The number of aromatic nitrogens is 4. The van der Waals surface area contributed by atoms with Gasteiger partial charge in [-0.25, -0.2) is 9.97 Å². The van der Waals surface area contributed by atoms with Gasteiger partial charge in [-0.1, -0.05) is 36.1 Å². The highest BCUT2D eigenvalue weighted by atomic mass is 16.5. The lowest BCUT2D eigenvalue weighted by atomic mass is 10.0. The largest absolute Gasteiger partial charge is 0.482 e. The SMILES string of the molecule is C[C@H](O)c1nccn1[C@@H](C#Cc1ccc(-c2ccc(O[C@@H]3CCn4ccnc43)cc2)cc1)CO. The molecule has 2 aromatic carbocycles. The molecule has 0 unspecified atom stereocenters. The highest BCUT2D eigenvalue weighted by Gasteiger charge is 2.25. The second-order valence-electron chi connectivity index (χ2n) is 8.31. The van der Waals surface area contributed by atoms with E-state index in [-0.39, 0.29) is 12.7 Å². The maximum absolute atomic E-state index is 9.86. The lowest BCUT2D eigenvalue weighted by Gasteiger charge is -2.14. The third kappa shape index (κ3) is 4.46. The van der Waals surface area contributed by atoms with E-state index in [4.69, 9.17) is 4.74 Å². The minimum atomic E-state index is -0.733. The highest BCUT2D eigenvalue weighted by Crippen LogP contribution is 2.31. The predicted molar refractivity (Wildman–Crippen MR) is 128 cm³/mol. The topological polar surface area (TPSA) is 85.3 Å². The summed E-state index contributed by atoms with van der Waals surface area (Å²) in [4.78, 5) is 8.55. The van der Waals surface area contributed by atoms with E-state index in [1.165, 1.54) is 0 Å². The molecule has 1 aliphatic rings. The molecule has 34 heavy (non-hydrogen) atoms. The van der Waals surface area contributed by atoms with Gasteiger partial charge < -0.3 is 24.1 Å². The average molecular weight is 455 g/mol. The predicted octanol–water partition coefficient (Wildman–Crippen LogP) is 3.91. The summed E-state index contributed by atoms with van der Waals surface area (Å²) in [6, 6.07) is 15.6. The van der Waals surface area contributed by atoms with Crippen molar-refractivity contribution in [3.8, 4) is 28.7 Å². The molecule has 172 valence electrons. The molecule has 0 saturated heterocycles. The average Bonchev–Trinajstić information content (AvgIpc) is 3.60. The summed E-state index contributed by atoms with van der Waals surface area (Å²) in [6.07, 6.45) is 7.32. The molecule has 2 N–H and O–H groups in total. The molecule has 7 nitrogen and oxygen atoms in total. The van der Waals surface area contributed by atoms with Crippen LogP contribution in [0.2, 0.25) is 0 Å². The minimum absolute atomic E-state index is 0.000413. The van der Waals surface area contributed by atoms with Crippen LogP contribution in [-0.4, -0.2) is 35.9 Å². The molecule has 0 fully saturated rings. The Morgan fingerprint density at radius 2 is 1.74 bits per heavy atom. The molecular formula is C27H26N4O3. The van der Waals surface area contributed by atoms with E-state index < -0.39 is 12.1 Å². The number of nitrogens with zero attached hydrogens (tertiary/aromatic N) is 4. The van der Waals surface area contributed by atoms with Crippen LogP contribution in [0.1, 0.15) is 48.8 Å². The van der Waals surface area contributed by atoms with Crippen LogP contribution >= 0.6 is 0 Å². The zero-order valence-electron chi connectivity index (χ0n) is 18.9. The molecule has 3 heterocycles. The van der Waals surface area contributed by atoms with Crippen molar-refractivity contribution < 1.29 is 14.9 Å². The fraction of sp³-hybridized carbons (Fsp3) is 0.259. The summed E-state index contributed by atoms with van der Waals surface area (Å²) in [7, 11) is 0. The van der Waals surface area contributed by atoms with Crippen LogP contribution in [0.4, 0.5) is 0 Å². The van der Waals surface area contributed by atoms with E-state index in [0.717, 1.165) is 41.2 Å². The molecule has 7 heteroatoms. The zero-order chi connectivity index (χ0) is 23.5. The number of fused-ring (bicyclic) bond motifs is 1. The van der Waals surface area contributed by atoms with Crippen molar-refractivity contribution in [3.63, 3.8) is 0 Å². The molecule has 2 aromatic heterocycles. The third-order valence-corrected chi connectivity index (χ3v) is 5.98. The van der Waals surface area contributed by atoms with Crippen molar-refractivity contribution in [1.29, 1.82) is 0 Å². The van der Waals surface area contributed by atoms with E-state index in [9.17, 15) is 10.2 Å². The fourth-order valence-electron chi connectivity index (χ4n) is 4.21. The quantitative estimate of drug-likeness (QED) is 0.432. The number of aryl methyl sites for hydroxylation is 1. The van der Waals surface area contributed by atoms with Gasteiger partial charge in [0.1, 0.15) is 29.5 Å². The van der Waals surface area contributed by atoms with E-state index in [0.29, 0.717) is 5.82 Å². The Morgan fingerprint density at radius 1 is 1.03 bits per heavy atom. The van der Waals surface area contributed by atoms with Gasteiger partial charge >= 0.3 is 0 Å². The first-order chi connectivity index (χ1) is 16.6. The van der Waals surface area contributed by atoms with Crippen LogP contribution in [-0.2, 0) is 6.54 Å². The summed E-state index contributed by atoms with van der Waals surface area (Å²) < 4.78 is 9.98. The van der Waals surface area contributed by atoms with Gasteiger partial charge in [-0.15, -0.1) is 0 Å². The van der Waals surface area contributed by atoms with Crippen LogP contribution in [0.3, 0.4) is 0 Å². The molecule has 5 rings (SSSR count). The molecule has 0 saturated carbocycles. The van der Waals surface area contributed by atoms with Gasteiger partial charge in [0.05, 0.1) is 6.61 Å². The number of aliphatic hydroxyl groups is 2. The number of hydrogen-bond acceptors (Lipinski definition) is 5. The summed E-state index contributed by atoms with van der Waals surface area (Å²) in [5.41, 5.74) is 3.02. The molecule has 0 amide bonds. The first kappa shape index (κ1) is 22.0. The summed E-state index contributed by atoms with van der Waals surface area (Å²) in [5, 5.41) is 19.6. The Bertz CT molecular complexity index is 1310. The number of rotatable bonds is 6. The standard InChI is InChI=1S/C27H26N4O3/c1-19(33)26-28-14-17-31(26)23(18-32)9-4-20-2-5-21(6-3-20)22-7-10-24(11-8-22)34-25-12-15-30-16-13-29-27(25)30/h2-3,5-8,10-11,13-14,16-17,19,23,25,32-33H,12,15,18H2,1H3/t19-,23-,25+/m0/s1. The molecule has 4 aromatic rings. The van der Waals surface area contributed by atoms with E-state index in [2.05, 4.69) is 38.5 Å². The van der Waals surface area contributed by atoms with Crippen LogP contribution in [0, 0.1) is 11.8 Å². The van der Waals surface area contributed by atoms with Gasteiger partial charge in [-0.3, -0.25) is 0 Å². The lowest BCUT2D eigenvalue weighted by molar-refractivity contribution is 0.176. The van der Waals surface area contributed by atoms with Crippen LogP contribution in [0.25, 0.3) is 11.1 Å². The van der Waals surface area contributed by atoms with Gasteiger partial charge in [0.15, 0.2) is 6.10 Å². The minimum Gasteiger partial charge on any atom is -0.482 e. The lowest BCUT2D eigenvalue weighted by Crippen LogP contribution is -2.15. The van der Waals surface area contributed by atoms with Gasteiger partial charge in [-0.05, 0) is 42.3 Å². The third-order valence-electron chi connectivity index (χ3n) is 5.98. The maximum Gasteiger partial charge on any atom is 0.158 e. The zero-order valence-corrected chi connectivity index (χ0v) is 18.9. The van der Waals surface area contributed by atoms with Gasteiger partial charge in [-0.2, -0.15) is 0 Å². The molecule has 0 radical (unpaired) electrons. The van der Waals surface area contributed by atoms with Gasteiger partial charge in [0.2, 0.25) is 0 Å². The highest BCUT2D eigenvalue weighted by molar-refractivity contribution is 5.65. The first-order valence-electron chi connectivity index (χ1n) is 11.3. The van der Waals surface area contributed by atoms with Crippen molar-refractivity contribution in [2.75, 3.05) is 6.61 Å². The molecule has 0 bridgehead atoms. The van der Waals surface area contributed by atoms with Crippen molar-refractivity contribution in [3.05, 3.63) is 90.5 Å². The smallest absolute Gasteiger partial charge is 0.158 e. The van der Waals surface area contributed by atoms with Crippen LogP contribution in [0.15, 0.2) is 73.3 Å². The van der Waals surface area contributed by atoms with Crippen molar-refractivity contribution in [1.82, 2.24) is 19.1 Å². The van der Waals surface area contributed by atoms with E-state index in [1.807, 2.05) is 48.8 Å². The van der Waals surface area contributed by atoms with Gasteiger partial charge in [0.25, 0.3) is 0 Å². The van der Waals surface area contributed by atoms with Crippen molar-refractivity contribution in [2.45, 2.75) is 38.1 Å². The van der Waals surface area contributed by atoms with E-state index in [1.54, 1.807) is 23.9 Å². The van der Waals surface area contributed by atoms with Gasteiger partial charge in [0, 0.05) is 43.3 Å². The first-order valence-corrected chi connectivity index (χ1v) is 11.3. The number of ether oxygens (including phenoxy) is 1. The number of benzene rings is 2.